The smallest absolute Gasteiger partial charge is 0.188 e. The van der Waals surface area contributed by atoms with Gasteiger partial charge in [-0.3, -0.25) is 9.89 Å². The summed E-state index contributed by atoms with van der Waals surface area (Å²) in [5.74, 6) is 1.35. The summed E-state index contributed by atoms with van der Waals surface area (Å²) < 4.78 is 28.1. The number of hydrogen-bond acceptors (Lipinski definition) is 9. The van der Waals surface area contributed by atoms with Crippen LogP contribution in [-0.4, -0.2) is 53.1 Å². The molecule has 2 saturated heterocycles. The van der Waals surface area contributed by atoms with Crippen molar-refractivity contribution >= 4 is 40.3 Å². The molecule has 50 heavy (non-hydrogen) atoms. The van der Waals surface area contributed by atoms with Crippen LogP contribution in [0.4, 0.5) is 4.39 Å². The number of rotatable bonds is 11. The van der Waals surface area contributed by atoms with Crippen LogP contribution < -0.4 is 16.8 Å². The fourth-order valence-electron chi connectivity index (χ4n) is 8.13. The Morgan fingerprint density at radius 3 is 2.64 bits per heavy atom. The standard InChI is InChI=1S/C39H47FN6O2S2/c1-5-9-33(48-22-39-12-7-14-46(39)15-8-13-39)45-38(44-18-25(49)16-23(3)42)34-24(4)26(6-2)35(30-20-47-19-29(30)34)27-10-11-31(40)37-36(27)28(17-41)32(43)21-50-37/h9-11,16H,5-8,12-15,18-22,42-43H2,1-4H3,(H,44,45)/b23-16-,33-9-. The van der Waals surface area contributed by atoms with E-state index in [4.69, 9.17) is 38.2 Å². The van der Waals surface area contributed by atoms with E-state index >= 15 is 4.39 Å². The molecule has 6 rings (SSSR count). The number of nitrogens with zero attached hydrogens (tertiary/aromatic N) is 3. The number of benzene rings is 2. The summed E-state index contributed by atoms with van der Waals surface area (Å²) in [6.45, 7) is 12.0. The molecule has 0 amide bonds. The largest absolute Gasteiger partial charge is 0.477 e. The number of nitriles is 1. The van der Waals surface area contributed by atoms with E-state index in [0.717, 1.165) is 71.3 Å². The van der Waals surface area contributed by atoms with Crippen molar-refractivity contribution in [1.82, 2.24) is 10.2 Å². The van der Waals surface area contributed by atoms with E-state index in [1.54, 1.807) is 12.1 Å². The number of aliphatic imine (C=N–C) groups is 1. The summed E-state index contributed by atoms with van der Waals surface area (Å²) in [5, 5.41) is 13.8. The summed E-state index contributed by atoms with van der Waals surface area (Å²) >= 11 is 7.00. The van der Waals surface area contributed by atoms with Crippen LogP contribution in [0.3, 0.4) is 0 Å². The molecule has 8 nitrogen and oxygen atoms in total. The van der Waals surface area contributed by atoms with Gasteiger partial charge in [0.25, 0.3) is 0 Å². The molecule has 5 N–H and O–H groups in total. The maximum atomic E-state index is 15.3. The Balaban J connectivity index is 1.48. The second-order valence-electron chi connectivity index (χ2n) is 13.6. The van der Waals surface area contributed by atoms with Crippen molar-refractivity contribution in [3.05, 3.63) is 80.8 Å². The van der Waals surface area contributed by atoms with Gasteiger partial charge in [0.2, 0.25) is 0 Å². The zero-order valence-corrected chi connectivity index (χ0v) is 31.1. The van der Waals surface area contributed by atoms with Gasteiger partial charge in [0.05, 0.1) is 35.8 Å². The van der Waals surface area contributed by atoms with Crippen LogP contribution in [-0.2, 0) is 29.1 Å². The van der Waals surface area contributed by atoms with Gasteiger partial charge in [0.15, 0.2) is 5.88 Å². The number of hydrogen-bond donors (Lipinski definition) is 3. The molecule has 0 unspecified atom stereocenters. The van der Waals surface area contributed by atoms with Gasteiger partial charge >= 0.3 is 0 Å². The second-order valence-corrected chi connectivity index (χ2v) is 15.1. The first kappa shape index (κ1) is 36.1. The van der Waals surface area contributed by atoms with Crippen molar-refractivity contribution < 1.29 is 13.9 Å². The third-order valence-corrected chi connectivity index (χ3v) is 11.7. The van der Waals surface area contributed by atoms with E-state index in [1.165, 1.54) is 30.7 Å². The monoisotopic (exact) mass is 714 g/mol. The normalized spacial score (nSPS) is 18.9. The quantitative estimate of drug-likeness (QED) is 0.0732. The first-order valence-electron chi connectivity index (χ1n) is 17.6. The highest BCUT2D eigenvalue weighted by atomic mass is 32.2. The maximum Gasteiger partial charge on any atom is 0.188 e. The lowest BCUT2D eigenvalue weighted by Crippen LogP contribution is -2.43. The number of fused-ring (bicyclic) bond motifs is 3. The molecule has 4 aliphatic heterocycles. The van der Waals surface area contributed by atoms with Gasteiger partial charge in [-0.05, 0) is 117 Å². The molecule has 0 bridgehead atoms. The molecule has 4 aliphatic rings. The summed E-state index contributed by atoms with van der Waals surface area (Å²) in [6.07, 6.45) is 10.0. The van der Waals surface area contributed by atoms with Gasteiger partial charge in [0, 0.05) is 33.1 Å². The van der Waals surface area contributed by atoms with Crippen molar-refractivity contribution in [2.24, 2.45) is 16.5 Å². The third-order valence-electron chi connectivity index (χ3n) is 10.3. The summed E-state index contributed by atoms with van der Waals surface area (Å²) in [4.78, 5) is 8.78. The minimum Gasteiger partial charge on any atom is -0.477 e. The number of nitrogens with two attached hydrogens (primary N) is 2. The molecule has 4 heterocycles. The first-order valence-corrected chi connectivity index (χ1v) is 19.0. The predicted octanol–water partition coefficient (Wildman–Crippen LogP) is 7.16. The van der Waals surface area contributed by atoms with E-state index in [0.29, 0.717) is 76.0 Å². The average Bonchev–Trinajstić information content (AvgIpc) is 3.82. The average molecular weight is 715 g/mol. The van der Waals surface area contributed by atoms with Crippen molar-refractivity contribution in [3.63, 3.8) is 0 Å². The fraction of sp³-hybridized carbons (Fsp3) is 0.462. The molecular formula is C39H47FN6O2S2. The molecule has 0 spiro atoms. The van der Waals surface area contributed by atoms with Crippen molar-refractivity contribution in [3.8, 4) is 17.2 Å². The highest BCUT2D eigenvalue weighted by Gasteiger charge is 2.45. The van der Waals surface area contributed by atoms with E-state index in [-0.39, 0.29) is 17.9 Å². The number of allylic oxidation sites excluding steroid dienone is 3. The van der Waals surface area contributed by atoms with Gasteiger partial charge in [-0.15, -0.1) is 11.8 Å². The Bertz CT molecular complexity index is 1860. The lowest BCUT2D eigenvalue weighted by molar-refractivity contribution is 0.0682. The molecule has 2 aromatic carbocycles. The maximum absolute atomic E-state index is 15.3. The van der Waals surface area contributed by atoms with Gasteiger partial charge < -0.3 is 26.3 Å². The summed E-state index contributed by atoms with van der Waals surface area (Å²) in [7, 11) is 0. The van der Waals surface area contributed by atoms with Crippen LogP contribution in [0.15, 0.2) is 51.4 Å². The minimum atomic E-state index is -0.349. The first-order chi connectivity index (χ1) is 24.1. The number of nitrogens with one attached hydrogen (secondary N) is 1. The number of thiocarbonyl (C=S) groups is 1. The molecule has 0 atom stereocenters. The Labute approximate surface area is 304 Å². The van der Waals surface area contributed by atoms with Gasteiger partial charge in [-0.25, -0.2) is 4.39 Å². The number of halogens is 1. The van der Waals surface area contributed by atoms with E-state index in [9.17, 15) is 5.26 Å². The molecule has 11 heteroatoms. The van der Waals surface area contributed by atoms with Crippen molar-refractivity contribution in [1.29, 1.82) is 5.26 Å². The van der Waals surface area contributed by atoms with E-state index in [1.807, 2.05) is 6.92 Å². The van der Waals surface area contributed by atoms with Crippen LogP contribution >= 0.6 is 24.0 Å². The predicted molar refractivity (Wildman–Crippen MR) is 204 cm³/mol. The lowest BCUT2D eigenvalue weighted by atomic mass is 9.81. The second kappa shape index (κ2) is 15.3. The van der Waals surface area contributed by atoms with Gasteiger partial charge in [0.1, 0.15) is 24.3 Å². The Morgan fingerprint density at radius 2 is 1.96 bits per heavy atom. The fourth-order valence-corrected chi connectivity index (χ4v) is 9.39. The number of amidine groups is 1. The third kappa shape index (κ3) is 6.83. The van der Waals surface area contributed by atoms with E-state index in [2.05, 4.69) is 43.1 Å². The summed E-state index contributed by atoms with van der Waals surface area (Å²) in [6, 6.07) is 5.57. The Morgan fingerprint density at radius 1 is 1.22 bits per heavy atom. The molecule has 0 aromatic heterocycles. The van der Waals surface area contributed by atoms with Crippen LogP contribution in [0, 0.1) is 24.1 Å². The minimum absolute atomic E-state index is 0.0889. The lowest BCUT2D eigenvalue weighted by Gasteiger charge is -2.32. The van der Waals surface area contributed by atoms with Crippen LogP contribution in [0.2, 0.25) is 0 Å². The van der Waals surface area contributed by atoms with Crippen molar-refractivity contribution in [2.75, 3.05) is 32.0 Å². The van der Waals surface area contributed by atoms with Crippen LogP contribution in [0.25, 0.3) is 16.7 Å². The SMILES string of the molecule is CC/C=C(/NC(=NCC(=S)/C=C(/C)N)c1c(C)c(CC)c(-c2ccc(F)c3c2C(C#N)=C(N)CS3)c2c1COC2)OCC12CCCN1CCC2. The molecule has 264 valence electrons. The zero-order valence-electron chi connectivity index (χ0n) is 29.5. The topological polar surface area (TPSA) is 122 Å². The molecule has 0 saturated carbocycles. The van der Waals surface area contributed by atoms with Gasteiger partial charge in [-0.2, -0.15) is 5.26 Å². The molecule has 2 fully saturated rings. The van der Waals surface area contributed by atoms with Crippen LogP contribution in [0.5, 0.6) is 0 Å². The zero-order chi connectivity index (χ0) is 35.6. The highest BCUT2D eigenvalue weighted by Crippen LogP contribution is 2.47. The number of thioether (sulfide) groups is 1. The number of ether oxygens (including phenoxy) is 2. The van der Waals surface area contributed by atoms with E-state index < -0.39 is 0 Å². The molecule has 2 aromatic rings. The molecule has 0 aliphatic carbocycles. The summed E-state index contributed by atoms with van der Waals surface area (Å²) in [5.41, 5.74) is 21.2. The molecule has 0 radical (unpaired) electrons. The van der Waals surface area contributed by atoms with Gasteiger partial charge in [-0.1, -0.05) is 32.1 Å². The Kier molecular flexibility index (Phi) is 11.0. The van der Waals surface area contributed by atoms with Crippen molar-refractivity contribution in [2.45, 2.75) is 89.9 Å². The van der Waals surface area contributed by atoms with Crippen LogP contribution in [0.1, 0.15) is 86.3 Å². The molecular weight excluding hydrogens is 668 g/mol. The highest BCUT2D eigenvalue weighted by molar-refractivity contribution is 7.99. The Hall–Kier alpha value is -3.69.